The van der Waals surface area contributed by atoms with E-state index in [0.29, 0.717) is 5.41 Å². The van der Waals surface area contributed by atoms with Crippen LogP contribution in [0.2, 0.25) is 0 Å². The Morgan fingerprint density at radius 3 is 1.00 bits per heavy atom. The molecule has 0 aliphatic rings. The molecule has 0 rings (SSSR count). The Bertz CT molecular complexity index is 129. The zero-order chi connectivity index (χ0) is 18.0. The van der Waals surface area contributed by atoms with Gasteiger partial charge in [0.05, 0.1) is 0 Å². The fourth-order valence-electron chi connectivity index (χ4n) is 0.144. The van der Waals surface area contributed by atoms with Gasteiger partial charge < -0.3 is 0 Å². The van der Waals surface area contributed by atoms with Gasteiger partial charge in [0.25, 0.3) is 0 Å². The average molecular weight is 287 g/mol. The molecule has 0 radical (unpaired) electrons. The Hall–Kier alpha value is -0.780. The van der Waals surface area contributed by atoms with Crippen molar-refractivity contribution < 1.29 is 0 Å². The molecule has 0 aromatic carbocycles. The molecule has 20 heavy (non-hydrogen) atoms. The molecular formula is C20H46. The van der Waals surface area contributed by atoms with E-state index in [4.69, 9.17) is 0 Å². The first-order valence-corrected chi connectivity index (χ1v) is 8.27. The zero-order valence-electron chi connectivity index (χ0n) is 16.8. The Kier molecular flexibility index (Phi) is 94.4. The van der Waals surface area contributed by atoms with Gasteiger partial charge in [0, 0.05) is 0 Å². The van der Waals surface area contributed by atoms with Gasteiger partial charge in [-0.25, -0.2) is 0 Å². The van der Waals surface area contributed by atoms with Gasteiger partial charge in [-0.05, 0) is 25.2 Å². The van der Waals surface area contributed by atoms with Gasteiger partial charge in [-0.15, -0.1) is 19.7 Å². The summed E-state index contributed by atoms with van der Waals surface area (Å²) in [5, 5.41) is 0. The smallest absolute Gasteiger partial charge is 0.0180 e. The third kappa shape index (κ3) is 117. The first-order chi connectivity index (χ1) is 9.45. The van der Waals surface area contributed by atoms with E-state index in [9.17, 15) is 0 Å². The highest BCUT2D eigenvalue weighted by Gasteiger charge is 2.06. The quantitative estimate of drug-likeness (QED) is 0.456. The second kappa shape index (κ2) is 51.7. The summed E-state index contributed by atoms with van der Waals surface area (Å²) in [6.45, 7) is 33.0. The predicted molar refractivity (Wildman–Crippen MR) is 105 cm³/mol. The van der Waals surface area contributed by atoms with E-state index in [1.807, 2.05) is 60.6 Å². The molecular weight excluding hydrogens is 240 g/mol. The fraction of sp³-hybridized carbons (Fsp3) is 0.700. The lowest BCUT2D eigenvalue weighted by Crippen LogP contribution is -2.02. The fourth-order valence-corrected chi connectivity index (χ4v) is 0.144. The van der Waals surface area contributed by atoms with Crippen molar-refractivity contribution in [1.29, 1.82) is 0 Å². The van der Waals surface area contributed by atoms with Crippen LogP contribution >= 0.6 is 0 Å². The lowest BCUT2D eigenvalue weighted by atomic mass is 9.91. The second-order valence-electron chi connectivity index (χ2n) is 3.65. The number of hydrogen-bond donors (Lipinski definition) is 0. The van der Waals surface area contributed by atoms with Crippen molar-refractivity contribution in [2.24, 2.45) is 5.41 Å². The molecule has 0 nitrogen and oxygen atoms in total. The molecule has 0 bridgehead atoms. The van der Waals surface area contributed by atoms with Crippen molar-refractivity contribution in [3.63, 3.8) is 0 Å². The summed E-state index contributed by atoms with van der Waals surface area (Å²) in [5.41, 5.74) is 0.347. The van der Waals surface area contributed by atoms with Crippen molar-refractivity contribution in [2.75, 3.05) is 0 Å². The highest BCUT2D eigenvalue weighted by Crippen LogP contribution is 2.19. The maximum atomic E-state index is 3.70. The number of allylic oxidation sites excluding steroid dienone is 3. The van der Waals surface area contributed by atoms with Crippen LogP contribution in [0.15, 0.2) is 38.0 Å². The van der Waals surface area contributed by atoms with Crippen molar-refractivity contribution in [2.45, 2.75) is 89.0 Å². The van der Waals surface area contributed by atoms with Gasteiger partial charge in [-0.3, -0.25) is 0 Å². The van der Waals surface area contributed by atoms with Crippen LogP contribution in [-0.2, 0) is 0 Å². The molecule has 0 heterocycles. The SMILES string of the molecule is C=CC.C=CC(C)(C)CC.C=CCC.CC.CC.CC. The van der Waals surface area contributed by atoms with Crippen LogP contribution in [0.3, 0.4) is 0 Å². The van der Waals surface area contributed by atoms with E-state index in [-0.39, 0.29) is 0 Å². The predicted octanol–water partition coefficient (Wildman–Crippen LogP) is 8.46. The Morgan fingerprint density at radius 2 is 1.00 bits per heavy atom. The Labute approximate surface area is 133 Å². The van der Waals surface area contributed by atoms with E-state index >= 15 is 0 Å². The first kappa shape index (κ1) is 36.5. The Morgan fingerprint density at radius 1 is 0.800 bits per heavy atom. The summed E-state index contributed by atoms with van der Waals surface area (Å²) in [7, 11) is 0. The number of hydrogen-bond acceptors (Lipinski definition) is 0. The molecule has 0 N–H and O–H groups in total. The van der Waals surface area contributed by atoms with Gasteiger partial charge in [-0.2, -0.15) is 0 Å². The first-order valence-electron chi connectivity index (χ1n) is 8.27. The van der Waals surface area contributed by atoms with Crippen LogP contribution in [0, 0.1) is 5.41 Å². The lowest BCUT2D eigenvalue weighted by molar-refractivity contribution is 0.463. The summed E-state index contributed by atoms with van der Waals surface area (Å²) in [6.07, 6.45) is 7.88. The highest BCUT2D eigenvalue weighted by molar-refractivity contribution is 4.85. The average Bonchev–Trinajstić information content (AvgIpc) is 2.54. The summed E-state index contributed by atoms with van der Waals surface area (Å²) in [4.78, 5) is 0. The number of rotatable bonds is 3. The standard InChI is InChI=1S/C7H14.C4H8.C3H6.3C2H6/c1-5-7(3,4)6-2;1-3-4-2;1-3-2;3*1-2/h5H,1,6H2,2-4H3;3H,1,4H2,2H3;3H,1H2,2H3;3*1-2H3. The molecule has 0 spiro atoms. The maximum absolute atomic E-state index is 3.70. The molecule has 0 heteroatoms. The summed E-state index contributed by atoms with van der Waals surface area (Å²) < 4.78 is 0. The molecule has 0 saturated carbocycles. The molecule has 0 saturated heterocycles. The van der Waals surface area contributed by atoms with Crippen molar-refractivity contribution in [3.8, 4) is 0 Å². The van der Waals surface area contributed by atoms with Crippen LogP contribution < -0.4 is 0 Å². The van der Waals surface area contributed by atoms with Crippen molar-refractivity contribution in [3.05, 3.63) is 38.0 Å². The van der Waals surface area contributed by atoms with Crippen LogP contribution in [0.25, 0.3) is 0 Å². The molecule has 0 aliphatic carbocycles. The minimum atomic E-state index is 0.347. The third-order valence-electron chi connectivity index (χ3n) is 1.75. The van der Waals surface area contributed by atoms with Gasteiger partial charge >= 0.3 is 0 Å². The monoisotopic (exact) mass is 286 g/mol. The minimum Gasteiger partial charge on any atom is -0.103 e. The highest BCUT2D eigenvalue weighted by atomic mass is 14.1. The molecule has 0 atom stereocenters. The van der Waals surface area contributed by atoms with Crippen LogP contribution in [0.1, 0.15) is 89.0 Å². The molecule has 0 aromatic rings. The van der Waals surface area contributed by atoms with Gasteiger partial charge in [0.15, 0.2) is 0 Å². The molecule has 0 amide bonds. The normalized spacial score (nSPS) is 6.75. The van der Waals surface area contributed by atoms with Crippen molar-refractivity contribution >= 4 is 0 Å². The van der Waals surface area contributed by atoms with E-state index in [2.05, 4.69) is 47.4 Å². The largest absolute Gasteiger partial charge is 0.103 e. The molecule has 0 fully saturated rings. The van der Waals surface area contributed by atoms with Crippen LogP contribution in [0.5, 0.6) is 0 Å². The lowest BCUT2D eigenvalue weighted by Gasteiger charge is -2.14. The molecule has 0 aliphatic heterocycles. The molecule has 126 valence electrons. The topological polar surface area (TPSA) is 0 Å². The molecule has 0 unspecified atom stereocenters. The van der Waals surface area contributed by atoms with Gasteiger partial charge in [-0.1, -0.05) is 87.5 Å². The second-order valence-corrected chi connectivity index (χ2v) is 3.65. The Balaban J connectivity index is -0.0000000327. The third-order valence-corrected chi connectivity index (χ3v) is 1.75. The minimum absolute atomic E-state index is 0.347. The van der Waals surface area contributed by atoms with Gasteiger partial charge in [0.1, 0.15) is 0 Å². The molecule has 0 aromatic heterocycles. The summed E-state index contributed by atoms with van der Waals surface area (Å²) in [5.74, 6) is 0. The van der Waals surface area contributed by atoms with E-state index in [1.165, 1.54) is 6.42 Å². The van der Waals surface area contributed by atoms with E-state index < -0.39 is 0 Å². The zero-order valence-corrected chi connectivity index (χ0v) is 16.8. The van der Waals surface area contributed by atoms with E-state index in [0.717, 1.165) is 6.42 Å². The summed E-state index contributed by atoms with van der Waals surface area (Å²) >= 11 is 0. The van der Waals surface area contributed by atoms with Gasteiger partial charge in [0.2, 0.25) is 0 Å². The maximum Gasteiger partial charge on any atom is -0.0180 e. The van der Waals surface area contributed by atoms with Crippen LogP contribution in [-0.4, -0.2) is 0 Å². The summed E-state index contributed by atoms with van der Waals surface area (Å²) in [6, 6.07) is 0. The van der Waals surface area contributed by atoms with Crippen molar-refractivity contribution in [1.82, 2.24) is 0 Å². The van der Waals surface area contributed by atoms with E-state index in [1.54, 1.807) is 6.08 Å². The van der Waals surface area contributed by atoms with Crippen LogP contribution in [0.4, 0.5) is 0 Å².